The predicted octanol–water partition coefficient (Wildman–Crippen LogP) is 2.24. The third-order valence-electron chi connectivity index (χ3n) is 3.90. The summed E-state index contributed by atoms with van der Waals surface area (Å²) in [6.45, 7) is -0.267. The number of unbranched alkanes of at least 4 members (excludes halogenated alkanes) is 1. The summed E-state index contributed by atoms with van der Waals surface area (Å²) in [5.74, 6) is -5.28. The minimum absolute atomic E-state index is 0.00690. The van der Waals surface area contributed by atoms with Gasteiger partial charge in [-0.15, -0.1) is 0 Å². The van der Waals surface area contributed by atoms with E-state index in [1.807, 2.05) is 0 Å². The van der Waals surface area contributed by atoms with Crippen LogP contribution in [0.5, 0.6) is 0 Å². The van der Waals surface area contributed by atoms with E-state index in [4.69, 9.17) is 0 Å². The van der Waals surface area contributed by atoms with Crippen LogP contribution in [0.4, 0.5) is 26.3 Å². The van der Waals surface area contributed by atoms with Crippen molar-refractivity contribution in [2.45, 2.75) is 44.1 Å². The van der Waals surface area contributed by atoms with Crippen molar-refractivity contribution >= 4 is 17.7 Å². The number of benzene rings is 1. The lowest BCUT2D eigenvalue weighted by Crippen LogP contribution is -2.51. The fourth-order valence-electron chi connectivity index (χ4n) is 2.38. The normalized spacial score (nSPS) is 12.7. The van der Waals surface area contributed by atoms with E-state index in [9.17, 15) is 40.7 Å². The van der Waals surface area contributed by atoms with Crippen LogP contribution in [0.3, 0.4) is 0 Å². The van der Waals surface area contributed by atoms with Crippen LogP contribution in [-0.4, -0.2) is 49.2 Å². The van der Waals surface area contributed by atoms with Crippen LogP contribution in [0.15, 0.2) is 30.3 Å². The van der Waals surface area contributed by atoms with E-state index in [1.54, 1.807) is 41.0 Å². The summed E-state index contributed by atoms with van der Waals surface area (Å²) in [5, 5.41) is 5.62. The maximum Gasteiger partial charge on any atom is 0.471 e. The Kier molecular flexibility index (Phi) is 9.60. The van der Waals surface area contributed by atoms with Crippen LogP contribution in [-0.2, 0) is 20.8 Å². The van der Waals surface area contributed by atoms with Crippen molar-refractivity contribution < 1.29 is 40.7 Å². The van der Waals surface area contributed by atoms with Gasteiger partial charge in [0.25, 0.3) is 0 Å². The molecule has 6 nitrogen and oxygen atoms in total. The second-order valence-corrected chi connectivity index (χ2v) is 6.30. The molecule has 0 saturated carbocycles. The molecule has 168 valence electrons. The number of amides is 3. The SMILES string of the molecule is O=C(NCCc1ccccc1)C(CCCCNC(=O)C(F)(F)F)NC(=O)C(F)(F)F. The Labute approximate surface area is 168 Å². The largest absolute Gasteiger partial charge is 0.471 e. The van der Waals surface area contributed by atoms with Gasteiger partial charge in [-0.3, -0.25) is 14.4 Å². The highest BCUT2D eigenvalue weighted by molar-refractivity contribution is 5.89. The fourth-order valence-corrected chi connectivity index (χ4v) is 2.38. The summed E-state index contributed by atoms with van der Waals surface area (Å²) >= 11 is 0. The number of hydrogen-bond donors (Lipinski definition) is 3. The van der Waals surface area contributed by atoms with Gasteiger partial charge in [-0.1, -0.05) is 30.3 Å². The van der Waals surface area contributed by atoms with Crippen molar-refractivity contribution in [2.24, 2.45) is 0 Å². The molecule has 1 aromatic carbocycles. The maximum atomic E-state index is 12.5. The van der Waals surface area contributed by atoms with E-state index < -0.39 is 36.1 Å². The summed E-state index contributed by atoms with van der Waals surface area (Å²) in [4.78, 5) is 34.0. The topological polar surface area (TPSA) is 87.3 Å². The van der Waals surface area contributed by atoms with E-state index in [2.05, 4.69) is 5.32 Å². The first kappa shape index (κ1) is 25.2. The summed E-state index contributed by atoms with van der Waals surface area (Å²) in [6, 6.07) is 7.42. The van der Waals surface area contributed by atoms with Gasteiger partial charge >= 0.3 is 24.2 Å². The lowest BCUT2D eigenvalue weighted by Gasteiger charge is -2.19. The highest BCUT2D eigenvalue weighted by Crippen LogP contribution is 2.16. The second-order valence-electron chi connectivity index (χ2n) is 6.30. The van der Waals surface area contributed by atoms with Crippen molar-refractivity contribution in [2.75, 3.05) is 13.1 Å². The third-order valence-corrected chi connectivity index (χ3v) is 3.90. The molecule has 0 bridgehead atoms. The molecule has 3 amide bonds. The van der Waals surface area contributed by atoms with Gasteiger partial charge in [0, 0.05) is 13.1 Å². The standard InChI is InChI=1S/C18H21F6N3O3/c19-17(20,21)15(29)26-10-5-4-8-13(27-16(30)18(22,23)24)14(28)25-11-9-12-6-2-1-3-7-12/h1-3,6-7,13H,4-5,8-11H2,(H,25,28)(H,26,29)(H,27,30). The Morgan fingerprint density at radius 3 is 1.97 bits per heavy atom. The van der Waals surface area contributed by atoms with E-state index in [0.717, 1.165) is 5.56 Å². The number of halogens is 6. The lowest BCUT2D eigenvalue weighted by atomic mass is 10.1. The number of hydrogen-bond acceptors (Lipinski definition) is 3. The molecule has 0 spiro atoms. The second kappa shape index (κ2) is 11.4. The summed E-state index contributed by atoms with van der Waals surface area (Å²) < 4.78 is 73.7. The molecule has 1 rings (SSSR count). The molecule has 12 heteroatoms. The van der Waals surface area contributed by atoms with Crippen LogP contribution in [0.1, 0.15) is 24.8 Å². The Bertz CT molecular complexity index is 707. The smallest absolute Gasteiger partial charge is 0.354 e. The summed E-state index contributed by atoms with van der Waals surface area (Å²) in [7, 11) is 0. The first-order chi connectivity index (χ1) is 13.9. The van der Waals surface area contributed by atoms with Crippen LogP contribution in [0, 0.1) is 0 Å². The van der Waals surface area contributed by atoms with Gasteiger partial charge in [0.05, 0.1) is 0 Å². The maximum absolute atomic E-state index is 12.5. The molecule has 3 N–H and O–H groups in total. The Morgan fingerprint density at radius 2 is 1.40 bits per heavy atom. The number of carbonyl (C=O) groups excluding carboxylic acids is 3. The molecule has 1 unspecified atom stereocenters. The molecule has 0 heterocycles. The lowest BCUT2D eigenvalue weighted by molar-refractivity contribution is -0.174. The molecule has 0 radical (unpaired) electrons. The zero-order valence-electron chi connectivity index (χ0n) is 15.7. The number of carbonyl (C=O) groups is 3. The van der Waals surface area contributed by atoms with E-state index in [0.29, 0.717) is 6.42 Å². The first-order valence-electron chi connectivity index (χ1n) is 8.95. The minimum Gasteiger partial charge on any atom is -0.354 e. The zero-order valence-corrected chi connectivity index (χ0v) is 15.7. The zero-order chi connectivity index (χ0) is 22.8. The Hall–Kier alpha value is -2.79. The highest BCUT2D eigenvalue weighted by atomic mass is 19.4. The molecule has 0 aliphatic rings. The van der Waals surface area contributed by atoms with Crippen molar-refractivity contribution in [3.05, 3.63) is 35.9 Å². The quantitative estimate of drug-likeness (QED) is 0.385. The molecule has 30 heavy (non-hydrogen) atoms. The van der Waals surface area contributed by atoms with Crippen LogP contribution in [0.2, 0.25) is 0 Å². The molecule has 0 aliphatic heterocycles. The highest BCUT2D eigenvalue weighted by Gasteiger charge is 2.41. The Morgan fingerprint density at radius 1 is 0.800 bits per heavy atom. The first-order valence-corrected chi connectivity index (χ1v) is 8.95. The van der Waals surface area contributed by atoms with Crippen molar-refractivity contribution in [3.8, 4) is 0 Å². The molecule has 0 saturated heterocycles. The van der Waals surface area contributed by atoms with E-state index in [1.165, 1.54) is 0 Å². The predicted molar refractivity (Wildman–Crippen MR) is 94.1 cm³/mol. The van der Waals surface area contributed by atoms with Crippen molar-refractivity contribution in [1.29, 1.82) is 0 Å². The van der Waals surface area contributed by atoms with Gasteiger partial charge in [0.1, 0.15) is 6.04 Å². The number of alkyl halides is 6. The minimum atomic E-state index is -5.19. The monoisotopic (exact) mass is 441 g/mol. The molecule has 0 aromatic heterocycles. The Balaban J connectivity index is 2.53. The number of nitrogens with one attached hydrogen (secondary N) is 3. The molecule has 0 aliphatic carbocycles. The van der Waals surface area contributed by atoms with Gasteiger partial charge in [0.2, 0.25) is 5.91 Å². The van der Waals surface area contributed by atoms with E-state index in [-0.39, 0.29) is 32.4 Å². The van der Waals surface area contributed by atoms with Crippen molar-refractivity contribution in [1.82, 2.24) is 16.0 Å². The van der Waals surface area contributed by atoms with E-state index >= 15 is 0 Å². The number of rotatable bonds is 10. The van der Waals surface area contributed by atoms with Crippen LogP contribution in [0.25, 0.3) is 0 Å². The van der Waals surface area contributed by atoms with Crippen LogP contribution >= 0.6 is 0 Å². The van der Waals surface area contributed by atoms with Crippen LogP contribution < -0.4 is 16.0 Å². The summed E-state index contributed by atoms with van der Waals surface area (Å²) in [6.07, 6.45) is -10.1. The third kappa shape index (κ3) is 9.61. The molecule has 0 fully saturated rings. The summed E-state index contributed by atoms with van der Waals surface area (Å²) in [5.41, 5.74) is 0.883. The van der Waals surface area contributed by atoms with Crippen molar-refractivity contribution in [3.63, 3.8) is 0 Å². The molecular weight excluding hydrogens is 420 g/mol. The van der Waals surface area contributed by atoms with Gasteiger partial charge in [0.15, 0.2) is 0 Å². The van der Waals surface area contributed by atoms with Gasteiger partial charge in [-0.2, -0.15) is 26.3 Å². The average Bonchev–Trinajstić information content (AvgIpc) is 2.65. The average molecular weight is 441 g/mol. The molecule has 1 atom stereocenters. The van der Waals surface area contributed by atoms with Gasteiger partial charge in [-0.25, -0.2) is 0 Å². The van der Waals surface area contributed by atoms with Gasteiger partial charge in [-0.05, 0) is 31.2 Å². The fraction of sp³-hybridized carbons (Fsp3) is 0.500. The molecule has 1 aromatic rings. The van der Waals surface area contributed by atoms with Gasteiger partial charge < -0.3 is 16.0 Å². The molecular formula is C18H21F6N3O3.